The minimum atomic E-state index is -0.524. The molecule has 4 N–H and O–H groups in total. The van der Waals surface area contributed by atoms with E-state index in [0.29, 0.717) is 11.1 Å². The maximum Gasteiger partial charge on any atom is 0.191 e. The standard InChI is InChI=1S/2C24H18N4O/c2*29-24(19-15-27-20-9-5-4-8-18(19)20)23(16-6-2-1-3-7-16)28-17-10-11-21-22(14-17)26-13-12-25-21/h2*1-15,23,27-28H. The van der Waals surface area contributed by atoms with Crippen LogP contribution in [0.4, 0.5) is 11.4 Å². The Bertz CT molecular complexity index is 2830. The first-order valence-corrected chi connectivity index (χ1v) is 18.8. The number of H-pyrrole nitrogens is 2. The minimum absolute atomic E-state index is 0.00731. The molecule has 6 aromatic carbocycles. The van der Waals surface area contributed by atoms with Gasteiger partial charge in [0.2, 0.25) is 0 Å². The molecule has 0 fully saturated rings. The summed E-state index contributed by atoms with van der Waals surface area (Å²) in [6.07, 6.45) is 10.2. The van der Waals surface area contributed by atoms with Crippen LogP contribution in [-0.4, -0.2) is 41.5 Å². The maximum absolute atomic E-state index is 13.6. The number of carbonyl (C=O) groups is 2. The highest BCUT2D eigenvalue weighted by molar-refractivity contribution is 6.12. The Labute approximate surface area is 333 Å². The number of benzene rings is 6. The Morgan fingerprint density at radius 1 is 0.431 bits per heavy atom. The van der Waals surface area contributed by atoms with Gasteiger partial charge in [0.1, 0.15) is 12.1 Å². The summed E-state index contributed by atoms with van der Waals surface area (Å²) in [5, 5.41) is 8.66. The van der Waals surface area contributed by atoms with Crippen molar-refractivity contribution in [3.8, 4) is 0 Å². The van der Waals surface area contributed by atoms with E-state index in [1.807, 2.05) is 146 Å². The molecule has 0 amide bonds. The van der Waals surface area contributed by atoms with E-state index in [9.17, 15) is 9.59 Å². The van der Waals surface area contributed by atoms with Crippen LogP contribution in [0.15, 0.2) is 183 Å². The fourth-order valence-electron chi connectivity index (χ4n) is 7.19. The molecule has 4 heterocycles. The summed E-state index contributed by atoms with van der Waals surface area (Å²) in [5.74, 6) is 0.0146. The molecule has 2 unspecified atom stereocenters. The molecule has 280 valence electrons. The zero-order valence-electron chi connectivity index (χ0n) is 31.1. The van der Waals surface area contributed by atoms with E-state index < -0.39 is 12.1 Å². The molecule has 2 atom stereocenters. The number of nitrogens with zero attached hydrogens (tertiary/aromatic N) is 4. The molecule has 0 saturated carbocycles. The van der Waals surface area contributed by atoms with Crippen LogP contribution in [0.5, 0.6) is 0 Å². The zero-order chi connectivity index (χ0) is 39.3. The summed E-state index contributed by atoms with van der Waals surface area (Å²) in [4.78, 5) is 50.9. The number of hydrogen-bond donors (Lipinski definition) is 4. The largest absolute Gasteiger partial charge is 0.371 e. The molecule has 10 heteroatoms. The van der Waals surface area contributed by atoms with E-state index in [1.54, 1.807) is 37.2 Å². The van der Waals surface area contributed by atoms with Crippen LogP contribution < -0.4 is 10.6 Å². The summed E-state index contributed by atoms with van der Waals surface area (Å²) in [6, 6.07) is 45.6. The summed E-state index contributed by atoms with van der Waals surface area (Å²) in [6.45, 7) is 0. The molecule has 10 aromatic rings. The van der Waals surface area contributed by atoms with Crippen LogP contribution >= 0.6 is 0 Å². The van der Waals surface area contributed by atoms with Crippen LogP contribution in [0.1, 0.15) is 43.9 Å². The monoisotopic (exact) mass is 756 g/mol. The lowest BCUT2D eigenvalue weighted by Gasteiger charge is -2.19. The van der Waals surface area contributed by atoms with E-state index in [-0.39, 0.29) is 11.6 Å². The van der Waals surface area contributed by atoms with Gasteiger partial charge in [-0.05, 0) is 59.7 Å². The van der Waals surface area contributed by atoms with E-state index in [0.717, 1.165) is 66.4 Å². The topological polar surface area (TPSA) is 141 Å². The zero-order valence-corrected chi connectivity index (χ0v) is 31.1. The normalized spacial score (nSPS) is 12.1. The van der Waals surface area contributed by atoms with Crippen molar-refractivity contribution in [3.63, 3.8) is 0 Å². The number of hydrogen-bond acceptors (Lipinski definition) is 8. The molecule has 0 radical (unpaired) electrons. The molecule has 4 aromatic heterocycles. The number of aromatic nitrogens is 6. The highest BCUT2D eigenvalue weighted by Crippen LogP contribution is 2.30. The first-order valence-electron chi connectivity index (χ1n) is 18.8. The number of carbonyl (C=O) groups excluding carboxylic acids is 2. The van der Waals surface area contributed by atoms with E-state index in [4.69, 9.17) is 0 Å². The van der Waals surface area contributed by atoms with E-state index in [2.05, 4.69) is 40.5 Å². The van der Waals surface area contributed by atoms with Gasteiger partial charge in [-0.15, -0.1) is 0 Å². The molecule has 0 spiro atoms. The Balaban J connectivity index is 0.000000150. The average molecular weight is 757 g/mol. The Morgan fingerprint density at radius 3 is 1.24 bits per heavy atom. The fraction of sp³-hybridized carbons (Fsp3) is 0.0417. The fourth-order valence-corrected chi connectivity index (χ4v) is 7.19. The first kappa shape index (κ1) is 35.7. The number of Topliss-reactive ketones (excluding diaryl/α,β-unsaturated/α-hetero) is 2. The SMILES string of the molecule is O=C(c1c[nH]c2ccccc12)C(Nc1ccc2nccnc2c1)c1ccccc1.O=C(c1c[nH]c2ccccc12)C(Nc1ccc2nccnc2c1)c1ccccc1. The number of fused-ring (bicyclic) bond motifs is 4. The molecular formula is C48H36N8O2. The van der Waals surface area contributed by atoms with Crippen molar-refractivity contribution >= 4 is 66.8 Å². The van der Waals surface area contributed by atoms with E-state index in [1.165, 1.54) is 0 Å². The molecule has 10 rings (SSSR count). The smallest absolute Gasteiger partial charge is 0.191 e. The predicted octanol–water partition coefficient (Wildman–Crippen LogP) is 10.3. The van der Waals surface area contributed by atoms with Gasteiger partial charge in [-0.2, -0.15) is 0 Å². The van der Waals surface area contributed by atoms with Crippen molar-refractivity contribution in [2.45, 2.75) is 12.1 Å². The van der Waals surface area contributed by atoms with Gasteiger partial charge < -0.3 is 20.6 Å². The Morgan fingerprint density at radius 2 is 0.810 bits per heavy atom. The van der Waals surface area contributed by atoms with Crippen LogP contribution in [0.2, 0.25) is 0 Å². The van der Waals surface area contributed by atoms with Crippen molar-refractivity contribution in [1.29, 1.82) is 0 Å². The number of nitrogens with one attached hydrogen (secondary N) is 4. The van der Waals surface area contributed by atoms with Crippen molar-refractivity contribution in [2.75, 3.05) is 10.6 Å². The van der Waals surface area contributed by atoms with Crippen LogP contribution in [0.25, 0.3) is 43.9 Å². The van der Waals surface area contributed by atoms with Crippen molar-refractivity contribution in [1.82, 2.24) is 29.9 Å². The second-order valence-electron chi connectivity index (χ2n) is 13.7. The third kappa shape index (κ3) is 7.37. The number of para-hydroxylation sites is 2. The van der Waals surface area contributed by atoms with Crippen LogP contribution in [-0.2, 0) is 0 Å². The highest BCUT2D eigenvalue weighted by Gasteiger charge is 2.26. The van der Waals surface area contributed by atoms with Crippen molar-refractivity contribution in [3.05, 3.63) is 205 Å². The third-order valence-electron chi connectivity index (χ3n) is 10.1. The van der Waals surface area contributed by atoms with Gasteiger partial charge in [-0.25, -0.2) is 0 Å². The predicted molar refractivity (Wildman–Crippen MR) is 230 cm³/mol. The van der Waals surface area contributed by atoms with Gasteiger partial charge in [0.05, 0.1) is 22.1 Å². The van der Waals surface area contributed by atoms with Gasteiger partial charge in [0.25, 0.3) is 0 Å². The molecule has 0 aliphatic heterocycles. The third-order valence-corrected chi connectivity index (χ3v) is 10.1. The lowest BCUT2D eigenvalue weighted by atomic mass is 9.96. The van der Waals surface area contributed by atoms with Gasteiger partial charge in [0.15, 0.2) is 11.6 Å². The molecular weight excluding hydrogens is 721 g/mol. The number of anilines is 2. The molecule has 0 bridgehead atoms. The molecule has 0 aliphatic carbocycles. The Kier molecular flexibility index (Phi) is 9.86. The second kappa shape index (κ2) is 16.0. The van der Waals surface area contributed by atoms with Gasteiger partial charge in [0, 0.05) is 81.5 Å². The Hall–Kier alpha value is -7.98. The molecule has 10 nitrogen and oxygen atoms in total. The number of aromatic amines is 2. The lowest BCUT2D eigenvalue weighted by Crippen LogP contribution is -2.21. The molecule has 58 heavy (non-hydrogen) atoms. The molecule has 0 aliphatic rings. The van der Waals surface area contributed by atoms with Crippen molar-refractivity contribution in [2.24, 2.45) is 0 Å². The summed E-state index contributed by atoms with van der Waals surface area (Å²) in [5.41, 5.74) is 9.88. The summed E-state index contributed by atoms with van der Waals surface area (Å²) in [7, 11) is 0. The van der Waals surface area contributed by atoms with Gasteiger partial charge in [-0.3, -0.25) is 29.5 Å². The van der Waals surface area contributed by atoms with Crippen molar-refractivity contribution < 1.29 is 9.59 Å². The van der Waals surface area contributed by atoms with Gasteiger partial charge in [-0.1, -0.05) is 97.1 Å². The van der Waals surface area contributed by atoms with Gasteiger partial charge >= 0.3 is 0 Å². The summed E-state index contributed by atoms with van der Waals surface area (Å²) >= 11 is 0. The number of rotatable bonds is 10. The maximum atomic E-state index is 13.6. The van der Waals surface area contributed by atoms with E-state index >= 15 is 0 Å². The lowest BCUT2D eigenvalue weighted by molar-refractivity contribution is 0.0963. The highest BCUT2D eigenvalue weighted by atomic mass is 16.1. The average Bonchev–Trinajstić information content (AvgIpc) is 3.93. The minimum Gasteiger partial charge on any atom is -0.371 e. The second-order valence-corrected chi connectivity index (χ2v) is 13.7. The first-order chi connectivity index (χ1) is 28.6. The van der Waals surface area contributed by atoms with Crippen LogP contribution in [0, 0.1) is 0 Å². The summed E-state index contributed by atoms with van der Waals surface area (Å²) < 4.78 is 0. The molecule has 0 saturated heterocycles. The van der Waals surface area contributed by atoms with Crippen LogP contribution in [0.3, 0.4) is 0 Å². The quantitative estimate of drug-likeness (QED) is 0.101. The number of ketones is 2.